The van der Waals surface area contributed by atoms with Crippen LogP contribution in [0.4, 0.5) is 5.69 Å². The van der Waals surface area contributed by atoms with Crippen LogP contribution in [0.25, 0.3) is 21.1 Å². The summed E-state index contributed by atoms with van der Waals surface area (Å²) in [5.74, 6) is -0.322. The second-order valence-corrected chi connectivity index (χ2v) is 8.31. The molecule has 4 aromatic rings. The number of rotatable bonds is 5. The summed E-state index contributed by atoms with van der Waals surface area (Å²) in [5, 5.41) is 12.2. The second kappa shape index (κ2) is 7.00. The zero-order valence-corrected chi connectivity index (χ0v) is 17.6. The van der Waals surface area contributed by atoms with E-state index in [1.807, 2.05) is 32.4 Å². The lowest BCUT2D eigenvalue weighted by Crippen LogP contribution is -2.30. The van der Waals surface area contributed by atoms with Crippen LogP contribution in [0.2, 0.25) is 0 Å². The van der Waals surface area contributed by atoms with Gasteiger partial charge < -0.3 is 9.88 Å². The quantitative estimate of drug-likeness (QED) is 0.513. The average molecular weight is 411 g/mol. The lowest BCUT2D eigenvalue weighted by atomic mass is 10.3. The molecule has 0 bridgehead atoms. The highest BCUT2D eigenvalue weighted by molar-refractivity contribution is 7.20. The molecule has 0 fully saturated rings. The van der Waals surface area contributed by atoms with Crippen molar-refractivity contribution in [3.63, 3.8) is 0 Å². The molecule has 0 spiro atoms. The molecule has 150 valence electrons. The molecule has 0 saturated carbocycles. The fourth-order valence-electron chi connectivity index (χ4n) is 3.62. The number of carbonyl (C=O) groups is 1. The third kappa shape index (κ3) is 3.07. The first kappa shape index (κ1) is 19.1. The second-order valence-electron chi connectivity index (χ2n) is 7.06. The summed E-state index contributed by atoms with van der Waals surface area (Å²) in [4.78, 5) is 26.9. The van der Waals surface area contributed by atoms with Crippen molar-refractivity contribution in [2.24, 2.45) is 7.05 Å². The number of thiophene rings is 1. The van der Waals surface area contributed by atoms with Gasteiger partial charge in [-0.15, -0.1) is 17.9 Å². The summed E-state index contributed by atoms with van der Waals surface area (Å²) in [6.45, 7) is 9.89. The molecule has 0 aliphatic carbocycles. The molecule has 0 aliphatic heterocycles. The van der Waals surface area contributed by atoms with Crippen LogP contribution in [0.15, 0.2) is 29.7 Å². The molecule has 29 heavy (non-hydrogen) atoms. The highest BCUT2D eigenvalue weighted by atomic mass is 32.1. The van der Waals surface area contributed by atoms with E-state index in [4.69, 9.17) is 0 Å². The van der Waals surface area contributed by atoms with E-state index in [1.165, 1.54) is 9.56 Å². The van der Waals surface area contributed by atoms with E-state index in [0.29, 0.717) is 17.7 Å². The Bertz CT molecular complexity index is 1340. The summed E-state index contributed by atoms with van der Waals surface area (Å²) in [5.41, 5.74) is 3.48. The van der Waals surface area contributed by atoms with Crippen molar-refractivity contribution >= 4 is 44.1 Å². The number of hydrogen-bond donors (Lipinski definition) is 1. The number of aromatic nitrogens is 5. The molecule has 4 aromatic heterocycles. The number of allylic oxidation sites excluding steroid dienone is 1. The maximum atomic E-state index is 13.2. The van der Waals surface area contributed by atoms with Gasteiger partial charge in [-0.05, 0) is 26.8 Å². The number of amides is 1. The van der Waals surface area contributed by atoms with Gasteiger partial charge in [0, 0.05) is 23.9 Å². The van der Waals surface area contributed by atoms with Crippen LogP contribution in [0.3, 0.4) is 0 Å². The van der Waals surface area contributed by atoms with Crippen molar-refractivity contribution < 1.29 is 4.79 Å². The van der Waals surface area contributed by atoms with E-state index in [0.717, 1.165) is 27.0 Å². The Kier molecular flexibility index (Phi) is 4.62. The number of anilines is 1. The first-order valence-electron chi connectivity index (χ1n) is 9.21. The number of hydrogen-bond acceptors (Lipinski definition) is 5. The normalized spacial score (nSPS) is 11.4. The highest BCUT2D eigenvalue weighted by Gasteiger charge is 2.19. The van der Waals surface area contributed by atoms with Gasteiger partial charge in [0.25, 0.3) is 5.56 Å². The Morgan fingerprint density at radius 2 is 2.10 bits per heavy atom. The van der Waals surface area contributed by atoms with Gasteiger partial charge in [0.1, 0.15) is 12.1 Å². The van der Waals surface area contributed by atoms with E-state index in [2.05, 4.69) is 28.2 Å². The molecular formula is C20H22N6O2S. The minimum atomic E-state index is -0.322. The maximum Gasteiger partial charge on any atom is 0.291 e. The predicted octanol–water partition coefficient (Wildman–Crippen LogP) is 2.90. The van der Waals surface area contributed by atoms with Gasteiger partial charge in [0.15, 0.2) is 0 Å². The maximum absolute atomic E-state index is 13.2. The fourth-order valence-corrected chi connectivity index (χ4v) is 4.65. The lowest BCUT2D eigenvalue weighted by molar-refractivity contribution is -0.117. The van der Waals surface area contributed by atoms with E-state index in [9.17, 15) is 9.59 Å². The van der Waals surface area contributed by atoms with Crippen LogP contribution in [0.1, 0.15) is 16.3 Å². The Labute approximate surface area is 171 Å². The minimum Gasteiger partial charge on any atom is -0.331 e. The molecule has 1 N–H and O–H groups in total. The van der Waals surface area contributed by atoms with Gasteiger partial charge in [-0.25, -0.2) is 4.68 Å². The van der Waals surface area contributed by atoms with E-state index in [1.54, 1.807) is 28.3 Å². The molecule has 0 radical (unpaired) electrons. The Morgan fingerprint density at radius 1 is 1.34 bits per heavy atom. The third-order valence-corrected chi connectivity index (χ3v) is 6.11. The first-order valence-corrected chi connectivity index (χ1v) is 10.0. The van der Waals surface area contributed by atoms with E-state index >= 15 is 0 Å². The predicted molar refractivity (Wildman–Crippen MR) is 116 cm³/mol. The van der Waals surface area contributed by atoms with E-state index < -0.39 is 0 Å². The summed E-state index contributed by atoms with van der Waals surface area (Å²) in [6.07, 6.45) is 3.43. The largest absolute Gasteiger partial charge is 0.331 e. The highest BCUT2D eigenvalue weighted by Crippen LogP contribution is 2.33. The minimum absolute atomic E-state index is 0.172. The molecule has 1 amide bonds. The Balaban J connectivity index is 1.74. The van der Waals surface area contributed by atoms with Gasteiger partial charge in [0.05, 0.1) is 33.5 Å². The third-order valence-electron chi connectivity index (χ3n) is 5.04. The van der Waals surface area contributed by atoms with Crippen LogP contribution in [0, 0.1) is 20.8 Å². The number of carbonyl (C=O) groups excluding carboxylic acids is 1. The number of aryl methyl sites for hydroxylation is 3. The van der Waals surface area contributed by atoms with Crippen molar-refractivity contribution in [2.45, 2.75) is 33.9 Å². The van der Waals surface area contributed by atoms with Gasteiger partial charge in [0.2, 0.25) is 5.91 Å². The van der Waals surface area contributed by atoms with Crippen LogP contribution in [-0.2, 0) is 24.9 Å². The van der Waals surface area contributed by atoms with Crippen molar-refractivity contribution in [2.75, 3.05) is 5.32 Å². The topological polar surface area (TPSA) is 86.7 Å². The monoisotopic (exact) mass is 410 g/mol. The van der Waals surface area contributed by atoms with Crippen LogP contribution >= 0.6 is 11.3 Å². The van der Waals surface area contributed by atoms with Crippen molar-refractivity contribution in [3.8, 4) is 0 Å². The van der Waals surface area contributed by atoms with Crippen LogP contribution < -0.4 is 10.9 Å². The Morgan fingerprint density at radius 3 is 2.76 bits per heavy atom. The summed E-state index contributed by atoms with van der Waals surface area (Å²) in [6, 6.07) is 2.06. The van der Waals surface area contributed by atoms with Crippen molar-refractivity contribution in [3.05, 3.63) is 51.5 Å². The standard InChI is InChI=1S/C20H22N6O2S/c1-6-7-25-15-8-11(2)29-19(15)14-9-21-26(20(28)18(14)25)10-16(27)22-17-12(3)23-24(5)13(17)4/h6,8-9H,1,7,10H2,2-5H3,(H,22,27). The number of nitrogens with one attached hydrogen (secondary N) is 1. The first-order chi connectivity index (χ1) is 13.8. The van der Waals surface area contributed by atoms with Crippen molar-refractivity contribution in [1.29, 1.82) is 0 Å². The number of nitrogens with zero attached hydrogens (tertiary/aromatic N) is 5. The molecular weight excluding hydrogens is 388 g/mol. The van der Waals surface area contributed by atoms with Gasteiger partial charge in [-0.3, -0.25) is 14.3 Å². The van der Waals surface area contributed by atoms with E-state index in [-0.39, 0.29) is 18.0 Å². The number of fused-ring (bicyclic) bond motifs is 3. The molecule has 0 saturated heterocycles. The SMILES string of the molecule is C=CCn1c2cc(C)sc2c2cnn(CC(=O)Nc3c(C)nn(C)c3C)c(=O)c21. The van der Waals surface area contributed by atoms with Gasteiger partial charge in [-0.2, -0.15) is 10.2 Å². The summed E-state index contributed by atoms with van der Waals surface area (Å²) < 4.78 is 5.88. The molecule has 0 atom stereocenters. The molecule has 9 heteroatoms. The molecule has 0 unspecified atom stereocenters. The fraction of sp³-hybridized carbons (Fsp3) is 0.300. The Hall–Kier alpha value is -3.20. The zero-order valence-electron chi connectivity index (χ0n) is 16.8. The summed E-state index contributed by atoms with van der Waals surface area (Å²) >= 11 is 1.63. The zero-order chi connectivity index (χ0) is 20.9. The molecule has 0 aromatic carbocycles. The average Bonchev–Trinajstić information content (AvgIpc) is 3.25. The molecule has 4 heterocycles. The van der Waals surface area contributed by atoms with Crippen LogP contribution in [0.5, 0.6) is 0 Å². The van der Waals surface area contributed by atoms with Crippen LogP contribution in [-0.4, -0.2) is 30.0 Å². The molecule has 4 rings (SSSR count). The molecule has 8 nitrogen and oxygen atoms in total. The summed E-state index contributed by atoms with van der Waals surface area (Å²) in [7, 11) is 1.82. The smallest absolute Gasteiger partial charge is 0.291 e. The van der Waals surface area contributed by atoms with Crippen molar-refractivity contribution in [1.82, 2.24) is 24.1 Å². The molecule has 0 aliphatic rings. The van der Waals surface area contributed by atoms with Gasteiger partial charge in [-0.1, -0.05) is 6.08 Å². The van der Waals surface area contributed by atoms with Gasteiger partial charge >= 0.3 is 0 Å². The lowest BCUT2D eigenvalue weighted by Gasteiger charge is -2.08.